The third-order valence-electron chi connectivity index (χ3n) is 5.52. The fourth-order valence-corrected chi connectivity index (χ4v) is 3.62. The molecule has 0 saturated heterocycles. The summed E-state index contributed by atoms with van der Waals surface area (Å²) in [5.41, 5.74) is 5.05. The molecule has 0 fully saturated rings. The number of hydrogen-bond acceptors (Lipinski definition) is 4. The lowest BCUT2D eigenvalue weighted by molar-refractivity contribution is 0.102. The van der Waals surface area contributed by atoms with Crippen LogP contribution in [0.25, 0.3) is 5.65 Å². The molecule has 2 heterocycles. The number of hydrogen-bond donors (Lipinski definition) is 1. The second-order valence-electron chi connectivity index (χ2n) is 9.09. The predicted octanol–water partition coefficient (Wildman–Crippen LogP) is 5.78. The van der Waals surface area contributed by atoms with Gasteiger partial charge in [0, 0.05) is 18.0 Å². The van der Waals surface area contributed by atoms with Crippen LogP contribution in [0.5, 0.6) is 11.5 Å². The number of fused-ring (bicyclic) bond motifs is 1. The van der Waals surface area contributed by atoms with Gasteiger partial charge in [-0.2, -0.15) is 0 Å². The number of aromatic nitrogens is 2. The van der Waals surface area contributed by atoms with Crippen molar-refractivity contribution >= 4 is 17.2 Å². The number of nitrogens with one attached hydrogen (secondary N) is 1. The van der Waals surface area contributed by atoms with E-state index in [1.165, 1.54) is 0 Å². The van der Waals surface area contributed by atoms with Gasteiger partial charge >= 0.3 is 0 Å². The number of ether oxygens (including phenoxy) is 2. The molecule has 33 heavy (non-hydrogen) atoms. The largest absolute Gasteiger partial charge is 0.495 e. The Bertz CT molecular complexity index is 1300. The first-order chi connectivity index (χ1) is 15.7. The fraction of sp³-hybridized carbons (Fsp3) is 0.259. The van der Waals surface area contributed by atoms with Gasteiger partial charge in [0.2, 0.25) is 0 Å². The first kappa shape index (κ1) is 22.4. The Morgan fingerprint density at radius 2 is 1.91 bits per heavy atom. The van der Waals surface area contributed by atoms with E-state index in [4.69, 9.17) is 9.47 Å². The molecule has 0 unspecified atom stereocenters. The highest BCUT2D eigenvalue weighted by Crippen LogP contribution is 2.32. The molecular formula is C27H29N3O3. The maximum absolute atomic E-state index is 13.0. The molecule has 0 spiro atoms. The lowest BCUT2D eigenvalue weighted by Gasteiger charge is -2.21. The Hall–Kier alpha value is -3.80. The molecule has 4 aromatic rings. The molecule has 2 aromatic carbocycles. The van der Waals surface area contributed by atoms with E-state index in [2.05, 4.69) is 31.1 Å². The van der Waals surface area contributed by atoms with Crippen molar-refractivity contribution in [1.29, 1.82) is 0 Å². The standard InChI is InChI=1S/C27H29N3O3/c1-18-8-7-13-30-16-21(28-25(18)30)17-33-22-10-6-9-19(14-22)26(31)29-23-15-20(27(2,3)4)11-12-24(23)32-5/h6-16H,17H2,1-5H3,(H,29,31). The molecule has 0 aliphatic carbocycles. The van der Waals surface area contributed by atoms with Crippen LogP contribution < -0.4 is 14.8 Å². The van der Waals surface area contributed by atoms with Gasteiger partial charge in [0.15, 0.2) is 0 Å². The highest BCUT2D eigenvalue weighted by molar-refractivity contribution is 6.05. The molecule has 0 aliphatic heterocycles. The van der Waals surface area contributed by atoms with Crippen molar-refractivity contribution in [3.05, 3.63) is 89.4 Å². The van der Waals surface area contributed by atoms with Crippen LogP contribution in [0.4, 0.5) is 5.69 Å². The van der Waals surface area contributed by atoms with Crippen molar-refractivity contribution in [1.82, 2.24) is 9.38 Å². The summed E-state index contributed by atoms with van der Waals surface area (Å²) in [4.78, 5) is 17.6. The monoisotopic (exact) mass is 443 g/mol. The van der Waals surface area contributed by atoms with E-state index in [1.54, 1.807) is 25.3 Å². The molecule has 0 atom stereocenters. The summed E-state index contributed by atoms with van der Waals surface area (Å²) in [6, 6.07) is 17.0. The Labute approximate surface area is 194 Å². The van der Waals surface area contributed by atoms with E-state index in [0.717, 1.165) is 22.5 Å². The number of nitrogens with zero attached hydrogens (tertiary/aromatic N) is 2. The van der Waals surface area contributed by atoms with Crippen LogP contribution in [-0.4, -0.2) is 22.4 Å². The van der Waals surface area contributed by atoms with Gasteiger partial charge in [0.05, 0.1) is 18.5 Å². The van der Waals surface area contributed by atoms with Gasteiger partial charge in [0.25, 0.3) is 5.91 Å². The number of carbonyl (C=O) groups excluding carboxylic acids is 1. The van der Waals surface area contributed by atoms with Crippen LogP contribution in [0.1, 0.15) is 48.0 Å². The summed E-state index contributed by atoms with van der Waals surface area (Å²) in [6.07, 6.45) is 3.92. The van der Waals surface area contributed by atoms with E-state index >= 15 is 0 Å². The summed E-state index contributed by atoms with van der Waals surface area (Å²) in [7, 11) is 1.59. The summed E-state index contributed by atoms with van der Waals surface area (Å²) < 4.78 is 13.4. The lowest BCUT2D eigenvalue weighted by Crippen LogP contribution is -2.15. The minimum atomic E-state index is -0.229. The topological polar surface area (TPSA) is 64.9 Å². The predicted molar refractivity (Wildman–Crippen MR) is 130 cm³/mol. The maximum atomic E-state index is 13.0. The van der Waals surface area contributed by atoms with Gasteiger partial charge in [-0.05, 0) is 59.9 Å². The number of imidazole rings is 1. The zero-order valence-electron chi connectivity index (χ0n) is 19.7. The SMILES string of the molecule is COc1ccc(C(C)(C)C)cc1NC(=O)c1cccc(OCc2cn3cccc(C)c3n2)c1. The molecular weight excluding hydrogens is 414 g/mol. The number of anilines is 1. The van der Waals surface area contributed by atoms with Crippen molar-refractivity contribution in [2.45, 2.75) is 39.7 Å². The minimum Gasteiger partial charge on any atom is -0.495 e. The summed E-state index contributed by atoms with van der Waals surface area (Å²) in [5, 5.41) is 2.98. The van der Waals surface area contributed by atoms with Crippen molar-refractivity contribution in [3.63, 3.8) is 0 Å². The van der Waals surface area contributed by atoms with E-state index in [9.17, 15) is 4.79 Å². The molecule has 0 saturated carbocycles. The first-order valence-corrected chi connectivity index (χ1v) is 10.9. The molecule has 170 valence electrons. The molecule has 0 aliphatic rings. The second-order valence-corrected chi connectivity index (χ2v) is 9.09. The van der Waals surface area contributed by atoms with E-state index in [-0.39, 0.29) is 11.3 Å². The Morgan fingerprint density at radius 3 is 2.64 bits per heavy atom. The fourth-order valence-electron chi connectivity index (χ4n) is 3.62. The van der Waals surface area contributed by atoms with Gasteiger partial charge in [-0.25, -0.2) is 4.98 Å². The van der Waals surface area contributed by atoms with Crippen molar-refractivity contribution in [2.24, 2.45) is 0 Å². The third kappa shape index (κ3) is 5.00. The maximum Gasteiger partial charge on any atom is 0.255 e. The number of methoxy groups -OCH3 is 1. The molecule has 0 bridgehead atoms. The molecule has 0 radical (unpaired) electrons. The third-order valence-corrected chi connectivity index (χ3v) is 5.52. The Balaban J connectivity index is 1.49. The van der Waals surface area contributed by atoms with E-state index in [1.807, 2.05) is 60.1 Å². The summed E-state index contributed by atoms with van der Waals surface area (Å²) in [6.45, 7) is 8.73. The molecule has 4 rings (SSSR count). The van der Waals surface area contributed by atoms with Crippen LogP contribution in [0.3, 0.4) is 0 Å². The van der Waals surface area contributed by atoms with Crippen LogP contribution in [0.15, 0.2) is 67.0 Å². The number of benzene rings is 2. The second kappa shape index (κ2) is 8.98. The lowest BCUT2D eigenvalue weighted by atomic mass is 9.87. The van der Waals surface area contributed by atoms with Crippen LogP contribution in [0.2, 0.25) is 0 Å². The highest BCUT2D eigenvalue weighted by atomic mass is 16.5. The average molecular weight is 444 g/mol. The smallest absolute Gasteiger partial charge is 0.255 e. The Morgan fingerprint density at radius 1 is 1.09 bits per heavy atom. The molecule has 6 heteroatoms. The number of carbonyl (C=O) groups is 1. The Kier molecular flexibility index (Phi) is 6.09. The van der Waals surface area contributed by atoms with Gasteiger partial charge in [0.1, 0.15) is 23.8 Å². The van der Waals surface area contributed by atoms with Crippen LogP contribution >= 0.6 is 0 Å². The summed E-state index contributed by atoms with van der Waals surface area (Å²) in [5.74, 6) is 0.992. The number of pyridine rings is 1. The number of amides is 1. The zero-order chi connectivity index (χ0) is 23.6. The highest BCUT2D eigenvalue weighted by Gasteiger charge is 2.18. The van der Waals surface area contributed by atoms with Gasteiger partial charge < -0.3 is 19.2 Å². The first-order valence-electron chi connectivity index (χ1n) is 10.9. The van der Waals surface area contributed by atoms with Gasteiger partial charge in [-0.15, -0.1) is 0 Å². The van der Waals surface area contributed by atoms with Crippen LogP contribution in [-0.2, 0) is 12.0 Å². The van der Waals surface area contributed by atoms with Gasteiger partial charge in [-0.3, -0.25) is 4.79 Å². The van der Waals surface area contributed by atoms with E-state index in [0.29, 0.717) is 29.4 Å². The normalized spacial score (nSPS) is 11.4. The minimum absolute atomic E-state index is 0.0457. The quantitative estimate of drug-likeness (QED) is 0.410. The number of aryl methyl sites for hydroxylation is 1. The zero-order valence-corrected chi connectivity index (χ0v) is 19.7. The molecule has 1 amide bonds. The molecule has 2 aromatic heterocycles. The van der Waals surface area contributed by atoms with Crippen molar-refractivity contribution in [3.8, 4) is 11.5 Å². The molecule has 6 nitrogen and oxygen atoms in total. The van der Waals surface area contributed by atoms with Gasteiger partial charge in [-0.1, -0.05) is 39.0 Å². The number of rotatable bonds is 6. The van der Waals surface area contributed by atoms with Crippen molar-refractivity contribution in [2.75, 3.05) is 12.4 Å². The van der Waals surface area contributed by atoms with Crippen LogP contribution in [0, 0.1) is 6.92 Å². The van der Waals surface area contributed by atoms with E-state index < -0.39 is 0 Å². The summed E-state index contributed by atoms with van der Waals surface area (Å²) >= 11 is 0. The average Bonchev–Trinajstić information content (AvgIpc) is 3.22. The molecule has 1 N–H and O–H groups in total. The van der Waals surface area contributed by atoms with Crippen molar-refractivity contribution < 1.29 is 14.3 Å².